The van der Waals surface area contributed by atoms with E-state index < -0.39 is 0 Å². The van der Waals surface area contributed by atoms with Crippen molar-refractivity contribution in [1.29, 1.82) is 0 Å². The summed E-state index contributed by atoms with van der Waals surface area (Å²) >= 11 is 0. The van der Waals surface area contributed by atoms with E-state index in [-0.39, 0.29) is 0 Å². The summed E-state index contributed by atoms with van der Waals surface area (Å²) in [4.78, 5) is 0. The van der Waals surface area contributed by atoms with Crippen LogP contribution in [0.1, 0.15) is 12.8 Å². The molecule has 1 unspecified atom stereocenters. The first-order valence-electron chi connectivity index (χ1n) is 4.79. The molecule has 2 nitrogen and oxygen atoms in total. The maximum atomic E-state index is 5.60. The molecule has 2 heteroatoms. The van der Waals surface area contributed by atoms with Gasteiger partial charge in [-0.1, -0.05) is 18.2 Å². The highest BCUT2D eigenvalue weighted by Crippen LogP contribution is 2.12. The van der Waals surface area contributed by atoms with Gasteiger partial charge in [-0.05, 0) is 25.0 Å². The molecule has 1 fully saturated rings. The predicted octanol–water partition coefficient (Wildman–Crippen LogP) is 1.83. The molecule has 0 aromatic heterocycles. The van der Waals surface area contributed by atoms with Gasteiger partial charge in [-0.25, -0.2) is 5.32 Å². The number of ether oxygens (including phenoxy) is 1. The minimum Gasteiger partial charge on any atom is -0.492 e. The summed E-state index contributed by atoms with van der Waals surface area (Å²) in [6, 6.07) is 10.4. The Morgan fingerprint density at radius 2 is 2.15 bits per heavy atom. The molecule has 1 radical (unpaired) electrons. The van der Waals surface area contributed by atoms with Crippen molar-refractivity contribution >= 4 is 0 Å². The van der Waals surface area contributed by atoms with E-state index in [4.69, 9.17) is 4.74 Å². The minimum atomic E-state index is 0.431. The van der Waals surface area contributed by atoms with Crippen LogP contribution in [0.4, 0.5) is 0 Å². The van der Waals surface area contributed by atoms with Crippen LogP contribution in [-0.4, -0.2) is 19.2 Å². The van der Waals surface area contributed by atoms with E-state index in [2.05, 4.69) is 5.32 Å². The topological polar surface area (TPSA) is 23.3 Å². The summed E-state index contributed by atoms with van der Waals surface area (Å²) in [6.07, 6.45) is 2.41. The monoisotopic (exact) mass is 176 g/mol. The summed E-state index contributed by atoms with van der Waals surface area (Å²) < 4.78 is 5.60. The summed E-state index contributed by atoms with van der Waals surface area (Å²) in [5.41, 5.74) is 0. The Hall–Kier alpha value is -1.02. The highest BCUT2D eigenvalue weighted by molar-refractivity contribution is 5.20. The SMILES string of the molecule is c1ccc(OCC2CCC[N]2)cc1. The zero-order valence-electron chi connectivity index (χ0n) is 7.65. The van der Waals surface area contributed by atoms with Crippen molar-refractivity contribution in [2.45, 2.75) is 18.9 Å². The Balaban J connectivity index is 1.79. The number of nitrogens with zero attached hydrogens (tertiary/aromatic N) is 1. The fraction of sp³-hybridized carbons (Fsp3) is 0.455. The van der Waals surface area contributed by atoms with Gasteiger partial charge in [0.15, 0.2) is 0 Å². The Morgan fingerprint density at radius 1 is 1.31 bits per heavy atom. The minimum absolute atomic E-state index is 0.431. The van der Waals surface area contributed by atoms with Crippen molar-refractivity contribution in [2.24, 2.45) is 0 Å². The maximum Gasteiger partial charge on any atom is 0.119 e. The van der Waals surface area contributed by atoms with Gasteiger partial charge in [0, 0.05) is 6.54 Å². The molecule has 13 heavy (non-hydrogen) atoms. The summed E-state index contributed by atoms with van der Waals surface area (Å²) in [6.45, 7) is 1.76. The first-order valence-corrected chi connectivity index (χ1v) is 4.79. The number of rotatable bonds is 3. The van der Waals surface area contributed by atoms with Crippen LogP contribution in [0.15, 0.2) is 30.3 Å². The van der Waals surface area contributed by atoms with Gasteiger partial charge in [0.2, 0.25) is 0 Å². The number of para-hydroxylation sites is 1. The van der Waals surface area contributed by atoms with Crippen LogP contribution in [0.5, 0.6) is 5.75 Å². The molecule has 1 saturated heterocycles. The van der Waals surface area contributed by atoms with Crippen molar-refractivity contribution in [3.63, 3.8) is 0 Å². The fourth-order valence-corrected chi connectivity index (χ4v) is 1.54. The van der Waals surface area contributed by atoms with Gasteiger partial charge < -0.3 is 4.74 Å². The molecule has 0 saturated carbocycles. The molecule has 1 aromatic rings. The fourth-order valence-electron chi connectivity index (χ4n) is 1.54. The molecule has 0 bridgehead atoms. The highest BCUT2D eigenvalue weighted by atomic mass is 16.5. The molecule has 69 valence electrons. The molecule has 1 aliphatic rings. The third-order valence-electron chi connectivity index (χ3n) is 2.27. The second kappa shape index (κ2) is 4.28. The quantitative estimate of drug-likeness (QED) is 0.689. The van der Waals surface area contributed by atoms with E-state index in [1.807, 2.05) is 30.3 Å². The van der Waals surface area contributed by atoms with Crippen LogP contribution < -0.4 is 10.1 Å². The van der Waals surface area contributed by atoms with E-state index in [9.17, 15) is 0 Å². The lowest BCUT2D eigenvalue weighted by molar-refractivity contribution is 0.275. The van der Waals surface area contributed by atoms with Crippen molar-refractivity contribution < 1.29 is 4.74 Å². The van der Waals surface area contributed by atoms with Gasteiger partial charge in [0.1, 0.15) is 12.4 Å². The zero-order chi connectivity index (χ0) is 8.93. The smallest absolute Gasteiger partial charge is 0.119 e. The molecule has 0 aliphatic carbocycles. The normalized spacial score (nSPS) is 21.7. The molecular weight excluding hydrogens is 162 g/mol. The van der Waals surface area contributed by atoms with E-state index >= 15 is 0 Å². The third kappa shape index (κ3) is 2.46. The van der Waals surface area contributed by atoms with Crippen molar-refractivity contribution in [3.05, 3.63) is 30.3 Å². The highest BCUT2D eigenvalue weighted by Gasteiger charge is 2.15. The molecule has 0 amide bonds. The van der Waals surface area contributed by atoms with E-state index in [0.29, 0.717) is 6.04 Å². The average molecular weight is 176 g/mol. The van der Waals surface area contributed by atoms with Gasteiger partial charge in [-0.3, -0.25) is 0 Å². The summed E-state index contributed by atoms with van der Waals surface area (Å²) in [7, 11) is 0. The van der Waals surface area contributed by atoms with Crippen molar-refractivity contribution in [2.75, 3.05) is 13.2 Å². The standard InChI is InChI=1S/C11H14NO/c1-2-6-11(7-3-1)13-9-10-5-4-8-12-10/h1-3,6-7,10H,4-5,8-9H2. The maximum absolute atomic E-state index is 5.60. The lowest BCUT2D eigenvalue weighted by Gasteiger charge is -2.10. The number of hydrogen-bond donors (Lipinski definition) is 0. The Morgan fingerprint density at radius 3 is 2.85 bits per heavy atom. The summed E-state index contributed by atoms with van der Waals surface area (Å²) in [5.74, 6) is 0.949. The third-order valence-corrected chi connectivity index (χ3v) is 2.27. The van der Waals surface area contributed by atoms with E-state index in [0.717, 1.165) is 18.9 Å². The second-order valence-electron chi connectivity index (χ2n) is 3.33. The largest absolute Gasteiger partial charge is 0.492 e. The molecule has 1 aliphatic heterocycles. The van der Waals surface area contributed by atoms with Crippen LogP contribution in [0, 0.1) is 0 Å². The molecule has 0 spiro atoms. The van der Waals surface area contributed by atoms with Gasteiger partial charge >= 0.3 is 0 Å². The van der Waals surface area contributed by atoms with Gasteiger partial charge in [-0.15, -0.1) is 0 Å². The first-order chi connectivity index (χ1) is 6.45. The van der Waals surface area contributed by atoms with Gasteiger partial charge in [0.05, 0.1) is 6.04 Å². The Bertz CT molecular complexity index is 242. The van der Waals surface area contributed by atoms with Crippen LogP contribution >= 0.6 is 0 Å². The van der Waals surface area contributed by atoms with Crippen molar-refractivity contribution in [3.8, 4) is 5.75 Å². The lowest BCUT2D eigenvalue weighted by atomic mass is 10.2. The Kier molecular flexibility index (Phi) is 2.82. The average Bonchev–Trinajstić information content (AvgIpc) is 2.69. The van der Waals surface area contributed by atoms with Crippen LogP contribution in [-0.2, 0) is 0 Å². The predicted molar refractivity (Wildman–Crippen MR) is 52.0 cm³/mol. The van der Waals surface area contributed by atoms with Gasteiger partial charge in [0.25, 0.3) is 0 Å². The molecule has 1 heterocycles. The lowest BCUT2D eigenvalue weighted by Crippen LogP contribution is -2.22. The molecule has 0 N–H and O–H groups in total. The van der Waals surface area contributed by atoms with Crippen LogP contribution in [0.25, 0.3) is 0 Å². The Labute approximate surface area is 78.9 Å². The van der Waals surface area contributed by atoms with Gasteiger partial charge in [-0.2, -0.15) is 0 Å². The van der Waals surface area contributed by atoms with E-state index in [1.165, 1.54) is 12.8 Å². The first kappa shape index (κ1) is 8.57. The second-order valence-corrected chi connectivity index (χ2v) is 3.33. The van der Waals surface area contributed by atoms with Crippen LogP contribution in [0.2, 0.25) is 0 Å². The van der Waals surface area contributed by atoms with E-state index in [1.54, 1.807) is 0 Å². The van der Waals surface area contributed by atoms with Crippen molar-refractivity contribution in [1.82, 2.24) is 5.32 Å². The molecular formula is C11H14NO. The molecule has 1 atom stereocenters. The molecule has 1 aromatic carbocycles. The number of benzene rings is 1. The summed E-state index contributed by atoms with van der Waals surface area (Å²) in [5, 5.41) is 4.43. The van der Waals surface area contributed by atoms with Crippen LogP contribution in [0.3, 0.4) is 0 Å². The molecule has 2 rings (SSSR count). The zero-order valence-corrected chi connectivity index (χ0v) is 7.65. The number of hydrogen-bond acceptors (Lipinski definition) is 1.